The molecule has 0 aliphatic carbocycles. The van der Waals surface area contributed by atoms with E-state index in [-0.39, 0.29) is 12.1 Å². The minimum Gasteiger partial charge on any atom is -0.379 e. The number of rotatable bonds is 4. The van der Waals surface area contributed by atoms with Gasteiger partial charge in [0, 0.05) is 38.1 Å². The van der Waals surface area contributed by atoms with Gasteiger partial charge in [0.05, 0.1) is 19.4 Å². The van der Waals surface area contributed by atoms with Crippen LogP contribution in [0.4, 0.5) is 0 Å². The second-order valence-electron chi connectivity index (χ2n) is 9.88. The van der Waals surface area contributed by atoms with E-state index in [1.165, 1.54) is 24.8 Å². The van der Waals surface area contributed by atoms with Crippen LogP contribution in [-0.2, 0) is 16.0 Å². The lowest BCUT2D eigenvalue weighted by molar-refractivity contribution is -0.129. The van der Waals surface area contributed by atoms with Gasteiger partial charge in [0.1, 0.15) is 0 Å². The summed E-state index contributed by atoms with van der Waals surface area (Å²) >= 11 is 0. The minimum absolute atomic E-state index is 0.145. The number of carbonyl (C=O) groups excluding carboxylic acids is 1. The van der Waals surface area contributed by atoms with Crippen molar-refractivity contribution in [3.05, 3.63) is 35.9 Å². The third-order valence-electron chi connectivity index (χ3n) is 7.05. The van der Waals surface area contributed by atoms with Gasteiger partial charge in [-0.05, 0) is 43.1 Å². The van der Waals surface area contributed by atoms with E-state index >= 15 is 0 Å². The van der Waals surface area contributed by atoms with Crippen LogP contribution < -0.4 is 5.32 Å². The smallest absolute Gasteiger partial charge is 0.222 e. The Bertz CT molecular complexity index is 672. The Labute approximate surface area is 175 Å². The summed E-state index contributed by atoms with van der Waals surface area (Å²) in [7, 11) is 0. The van der Waals surface area contributed by atoms with E-state index in [0.29, 0.717) is 23.9 Å². The molecular formula is C24H37N3O2. The zero-order chi connectivity index (χ0) is 20.3. The lowest BCUT2D eigenvalue weighted by Gasteiger charge is -2.45. The van der Waals surface area contributed by atoms with Crippen molar-refractivity contribution in [2.24, 2.45) is 5.41 Å². The Hall–Kier alpha value is -1.43. The van der Waals surface area contributed by atoms with Gasteiger partial charge in [-0.2, -0.15) is 0 Å². The maximum Gasteiger partial charge on any atom is 0.222 e. The normalized spacial score (nSPS) is 31.8. The Morgan fingerprint density at radius 3 is 2.66 bits per heavy atom. The average Bonchev–Trinajstić information content (AvgIpc) is 2.86. The highest BCUT2D eigenvalue weighted by Gasteiger charge is 2.39. The van der Waals surface area contributed by atoms with Crippen molar-refractivity contribution < 1.29 is 9.53 Å². The molecule has 0 aromatic heterocycles. The number of piperidine rings is 1. The number of hydrogen-bond donors (Lipinski definition) is 1. The first-order chi connectivity index (χ1) is 14.0. The highest BCUT2D eigenvalue weighted by molar-refractivity contribution is 5.77. The third-order valence-corrected chi connectivity index (χ3v) is 7.05. The lowest BCUT2D eigenvalue weighted by Crippen LogP contribution is -2.60. The highest BCUT2D eigenvalue weighted by atomic mass is 16.5. The summed E-state index contributed by atoms with van der Waals surface area (Å²) in [5, 5.41) is 3.36. The van der Waals surface area contributed by atoms with Crippen LogP contribution in [0.15, 0.2) is 30.3 Å². The van der Waals surface area contributed by atoms with Crippen LogP contribution >= 0.6 is 0 Å². The van der Waals surface area contributed by atoms with E-state index in [1.807, 2.05) is 0 Å². The molecule has 3 saturated heterocycles. The maximum absolute atomic E-state index is 12.7. The molecule has 0 saturated carbocycles. The first kappa shape index (κ1) is 20.8. The van der Waals surface area contributed by atoms with E-state index in [9.17, 15) is 4.79 Å². The predicted octanol–water partition coefficient (Wildman–Crippen LogP) is 3.05. The zero-order valence-corrected chi connectivity index (χ0v) is 18.1. The van der Waals surface area contributed by atoms with Gasteiger partial charge in [0.25, 0.3) is 0 Å². The first-order valence-electron chi connectivity index (χ1n) is 11.4. The number of nitrogens with zero attached hydrogens (tertiary/aromatic N) is 2. The Kier molecular flexibility index (Phi) is 6.57. The summed E-state index contributed by atoms with van der Waals surface area (Å²) in [4.78, 5) is 17.8. The summed E-state index contributed by atoms with van der Waals surface area (Å²) in [6, 6.07) is 11.6. The quantitative estimate of drug-likeness (QED) is 0.845. The van der Waals surface area contributed by atoms with E-state index < -0.39 is 0 Å². The summed E-state index contributed by atoms with van der Waals surface area (Å²) in [6.45, 7) is 9.36. The van der Waals surface area contributed by atoms with Gasteiger partial charge in [-0.25, -0.2) is 0 Å². The molecule has 3 fully saturated rings. The predicted molar refractivity (Wildman–Crippen MR) is 116 cm³/mol. The van der Waals surface area contributed by atoms with Crippen molar-refractivity contribution in [3.63, 3.8) is 0 Å². The molecule has 29 heavy (non-hydrogen) atoms. The molecule has 1 aromatic carbocycles. The standard InChI is InChI=1S/C24H37N3O2/c1-24(2)9-6-10-27(21(18-24)15-19-7-4-3-5-8-19)22-16-20(17-23(28)25-22)26-11-13-29-14-12-26/h3-5,7-8,20-22H,6,9-18H2,1-2H3,(H,25,28)/t20?,21-,22?/m0/s1. The van der Waals surface area contributed by atoms with Gasteiger partial charge in [-0.3, -0.25) is 14.6 Å². The molecule has 2 unspecified atom stereocenters. The third kappa shape index (κ3) is 5.39. The van der Waals surface area contributed by atoms with Crippen molar-refractivity contribution in [2.45, 2.75) is 70.6 Å². The number of likely N-dealkylation sites (tertiary alicyclic amines) is 1. The first-order valence-corrected chi connectivity index (χ1v) is 11.4. The summed E-state index contributed by atoms with van der Waals surface area (Å²) in [5.74, 6) is 0.208. The van der Waals surface area contributed by atoms with Crippen molar-refractivity contribution in [2.75, 3.05) is 32.8 Å². The summed E-state index contributed by atoms with van der Waals surface area (Å²) in [6.07, 6.45) is 6.48. The van der Waals surface area contributed by atoms with E-state index in [4.69, 9.17) is 4.74 Å². The van der Waals surface area contributed by atoms with Gasteiger partial charge < -0.3 is 10.1 Å². The lowest BCUT2D eigenvalue weighted by atomic mass is 9.81. The molecule has 3 atom stereocenters. The fourth-order valence-electron chi connectivity index (χ4n) is 5.56. The molecule has 3 aliphatic rings. The van der Waals surface area contributed by atoms with Crippen LogP contribution in [0.3, 0.4) is 0 Å². The van der Waals surface area contributed by atoms with Crippen LogP contribution in [0.1, 0.15) is 51.5 Å². The molecule has 160 valence electrons. The fraction of sp³-hybridized carbons (Fsp3) is 0.708. The van der Waals surface area contributed by atoms with Gasteiger partial charge in [-0.1, -0.05) is 44.2 Å². The fourth-order valence-corrected chi connectivity index (χ4v) is 5.56. The molecule has 1 N–H and O–H groups in total. The molecule has 0 bridgehead atoms. The Morgan fingerprint density at radius 1 is 1.14 bits per heavy atom. The molecule has 5 nitrogen and oxygen atoms in total. The molecular weight excluding hydrogens is 362 g/mol. The number of hydrogen-bond acceptors (Lipinski definition) is 4. The summed E-state index contributed by atoms with van der Waals surface area (Å²) in [5.41, 5.74) is 1.74. The van der Waals surface area contributed by atoms with Gasteiger partial charge in [-0.15, -0.1) is 0 Å². The number of ether oxygens (including phenoxy) is 1. The van der Waals surface area contributed by atoms with Crippen molar-refractivity contribution >= 4 is 5.91 Å². The van der Waals surface area contributed by atoms with Crippen molar-refractivity contribution in [1.82, 2.24) is 15.1 Å². The monoisotopic (exact) mass is 399 g/mol. The highest BCUT2D eigenvalue weighted by Crippen LogP contribution is 2.36. The molecule has 0 radical (unpaired) electrons. The van der Waals surface area contributed by atoms with Gasteiger partial charge in [0.2, 0.25) is 5.91 Å². The number of morpholine rings is 1. The van der Waals surface area contributed by atoms with Crippen LogP contribution in [0.25, 0.3) is 0 Å². The second kappa shape index (κ2) is 9.15. The Balaban J connectivity index is 1.52. The molecule has 1 amide bonds. The topological polar surface area (TPSA) is 44.8 Å². The van der Waals surface area contributed by atoms with E-state index in [0.717, 1.165) is 45.7 Å². The van der Waals surface area contributed by atoms with Crippen LogP contribution in [-0.4, -0.2) is 66.8 Å². The molecule has 3 heterocycles. The van der Waals surface area contributed by atoms with Crippen LogP contribution in [0.2, 0.25) is 0 Å². The largest absolute Gasteiger partial charge is 0.379 e. The number of nitrogens with one attached hydrogen (secondary N) is 1. The molecule has 1 aromatic rings. The molecule has 5 heteroatoms. The van der Waals surface area contributed by atoms with Gasteiger partial charge in [0.15, 0.2) is 0 Å². The number of amides is 1. The van der Waals surface area contributed by atoms with Gasteiger partial charge >= 0.3 is 0 Å². The average molecular weight is 400 g/mol. The number of carbonyl (C=O) groups is 1. The van der Waals surface area contributed by atoms with Crippen molar-refractivity contribution in [3.8, 4) is 0 Å². The van der Waals surface area contributed by atoms with Crippen LogP contribution in [0, 0.1) is 5.41 Å². The Morgan fingerprint density at radius 2 is 1.90 bits per heavy atom. The minimum atomic E-state index is 0.145. The van der Waals surface area contributed by atoms with Crippen molar-refractivity contribution in [1.29, 1.82) is 0 Å². The van der Waals surface area contributed by atoms with E-state index in [2.05, 4.69) is 59.3 Å². The second-order valence-corrected chi connectivity index (χ2v) is 9.88. The summed E-state index contributed by atoms with van der Waals surface area (Å²) < 4.78 is 5.53. The maximum atomic E-state index is 12.7. The number of benzene rings is 1. The van der Waals surface area contributed by atoms with E-state index in [1.54, 1.807) is 0 Å². The molecule has 3 aliphatic heterocycles. The SMILES string of the molecule is CC1(C)CCCN(C2CC(N3CCOCC3)CC(=O)N2)[C@@H](Cc2ccccc2)C1. The van der Waals surface area contributed by atoms with Crippen LogP contribution in [0.5, 0.6) is 0 Å². The molecule has 0 spiro atoms. The zero-order valence-electron chi connectivity index (χ0n) is 18.1. The molecule has 4 rings (SSSR count).